The first kappa shape index (κ1) is 24.7. The molecule has 0 bridgehead atoms. The van der Waals surface area contributed by atoms with Gasteiger partial charge in [0.15, 0.2) is 6.61 Å². The van der Waals surface area contributed by atoms with E-state index in [2.05, 4.69) is 11.9 Å². The summed E-state index contributed by atoms with van der Waals surface area (Å²) in [5.74, 6) is -1.30. The average molecular weight is 479 g/mol. The lowest BCUT2D eigenvalue weighted by atomic mass is 10.1. The summed E-state index contributed by atoms with van der Waals surface area (Å²) in [7, 11) is -3.98. The Bertz CT molecular complexity index is 1300. The molecule has 0 atom stereocenters. The monoisotopic (exact) mass is 478 g/mol. The lowest BCUT2D eigenvalue weighted by molar-refractivity contribution is -0.119. The summed E-state index contributed by atoms with van der Waals surface area (Å²) in [6.45, 7) is 6.96. The third-order valence-electron chi connectivity index (χ3n) is 5.00. The highest BCUT2D eigenvalue weighted by atomic mass is 32.2. The second-order valence-electron chi connectivity index (χ2n) is 7.63. The molecule has 0 aromatic heterocycles. The van der Waals surface area contributed by atoms with E-state index < -0.39 is 28.5 Å². The van der Waals surface area contributed by atoms with E-state index in [0.29, 0.717) is 11.4 Å². The first-order valence-electron chi connectivity index (χ1n) is 10.6. The molecule has 0 aliphatic rings. The maximum Gasteiger partial charge on any atom is 0.338 e. The molecule has 0 spiro atoms. The van der Waals surface area contributed by atoms with Crippen LogP contribution in [0.4, 0.5) is 11.4 Å². The highest BCUT2D eigenvalue weighted by molar-refractivity contribution is 7.92. The van der Waals surface area contributed by atoms with Crippen LogP contribution in [0.1, 0.15) is 21.5 Å². The van der Waals surface area contributed by atoms with Crippen LogP contribution < -0.4 is 9.62 Å². The van der Waals surface area contributed by atoms with Gasteiger partial charge in [-0.05, 0) is 61.4 Å². The van der Waals surface area contributed by atoms with Gasteiger partial charge in [0.1, 0.15) is 0 Å². The summed E-state index contributed by atoms with van der Waals surface area (Å²) in [6.07, 6.45) is 1.48. The van der Waals surface area contributed by atoms with Crippen molar-refractivity contribution >= 4 is 33.3 Å². The summed E-state index contributed by atoms with van der Waals surface area (Å²) >= 11 is 0. The van der Waals surface area contributed by atoms with Gasteiger partial charge in [0.25, 0.3) is 15.9 Å². The Hall–Kier alpha value is -3.91. The number of carbonyl (C=O) groups excluding carboxylic acids is 2. The van der Waals surface area contributed by atoms with Gasteiger partial charge in [-0.15, -0.1) is 6.58 Å². The van der Waals surface area contributed by atoms with Crippen molar-refractivity contribution in [2.24, 2.45) is 0 Å². The highest BCUT2D eigenvalue weighted by Crippen LogP contribution is 2.24. The fraction of sp³-hybridized carbons (Fsp3) is 0.154. The number of carbonyl (C=O) groups is 2. The Morgan fingerprint density at radius 1 is 1.00 bits per heavy atom. The van der Waals surface area contributed by atoms with Gasteiger partial charge < -0.3 is 10.1 Å². The SMILES string of the molecule is C=CCN(c1ccccc1)S(=O)(=O)c1cccc(C(=O)OCC(=O)Nc2cc(C)ccc2C)c1. The third-order valence-corrected chi connectivity index (χ3v) is 6.79. The largest absolute Gasteiger partial charge is 0.452 e. The van der Waals surface area contributed by atoms with Crippen molar-refractivity contribution in [2.75, 3.05) is 22.8 Å². The lowest BCUT2D eigenvalue weighted by Gasteiger charge is -2.23. The van der Waals surface area contributed by atoms with Gasteiger partial charge >= 0.3 is 5.97 Å². The standard InChI is InChI=1S/C26H26N2O5S/c1-4-15-28(22-10-6-5-7-11-22)34(31,32)23-12-8-9-21(17-23)26(30)33-18-25(29)27-24-16-19(2)13-14-20(24)3/h4-14,16-17H,1,15,18H2,2-3H3,(H,27,29). The molecule has 3 aromatic rings. The second-order valence-corrected chi connectivity index (χ2v) is 9.49. The maximum absolute atomic E-state index is 13.3. The van der Waals surface area contributed by atoms with Crippen molar-refractivity contribution in [1.82, 2.24) is 0 Å². The smallest absolute Gasteiger partial charge is 0.338 e. The molecule has 176 valence electrons. The number of para-hydroxylation sites is 1. The first-order valence-corrected chi connectivity index (χ1v) is 12.0. The maximum atomic E-state index is 13.3. The molecule has 0 fully saturated rings. The molecule has 0 saturated heterocycles. The Kier molecular flexibility index (Phi) is 7.86. The highest BCUT2D eigenvalue weighted by Gasteiger charge is 2.25. The molecular weight excluding hydrogens is 452 g/mol. The molecule has 3 aromatic carbocycles. The number of hydrogen-bond acceptors (Lipinski definition) is 5. The lowest BCUT2D eigenvalue weighted by Crippen LogP contribution is -2.31. The summed E-state index contributed by atoms with van der Waals surface area (Å²) in [4.78, 5) is 24.7. The summed E-state index contributed by atoms with van der Waals surface area (Å²) in [5, 5.41) is 2.71. The predicted molar refractivity (Wildman–Crippen MR) is 132 cm³/mol. The van der Waals surface area contributed by atoms with E-state index in [-0.39, 0.29) is 17.0 Å². The zero-order chi connectivity index (χ0) is 24.7. The van der Waals surface area contributed by atoms with Gasteiger partial charge in [-0.25, -0.2) is 13.2 Å². The Morgan fingerprint density at radius 3 is 2.44 bits per heavy atom. The molecule has 1 N–H and O–H groups in total. The molecule has 0 aliphatic carbocycles. The number of nitrogens with one attached hydrogen (secondary N) is 1. The fourth-order valence-electron chi connectivity index (χ4n) is 3.24. The minimum Gasteiger partial charge on any atom is -0.452 e. The van der Waals surface area contributed by atoms with Gasteiger partial charge in [0.05, 0.1) is 22.7 Å². The Balaban J connectivity index is 1.73. The van der Waals surface area contributed by atoms with E-state index in [1.165, 1.54) is 34.6 Å². The molecule has 3 rings (SSSR count). The summed E-state index contributed by atoms with van der Waals surface area (Å²) in [6, 6.07) is 19.8. The van der Waals surface area contributed by atoms with Gasteiger partial charge in [-0.1, -0.05) is 42.5 Å². The number of amides is 1. The average Bonchev–Trinajstić information content (AvgIpc) is 2.83. The van der Waals surface area contributed by atoms with Crippen molar-refractivity contribution in [3.05, 3.63) is 102 Å². The zero-order valence-corrected chi connectivity index (χ0v) is 19.8. The minimum absolute atomic E-state index is 0.0206. The van der Waals surface area contributed by atoms with E-state index >= 15 is 0 Å². The molecule has 1 amide bonds. The number of hydrogen-bond donors (Lipinski definition) is 1. The van der Waals surface area contributed by atoms with Crippen molar-refractivity contribution in [3.63, 3.8) is 0 Å². The van der Waals surface area contributed by atoms with Crippen LogP contribution >= 0.6 is 0 Å². The van der Waals surface area contributed by atoms with Crippen LogP contribution in [0.3, 0.4) is 0 Å². The third kappa shape index (κ3) is 5.90. The molecule has 0 aliphatic heterocycles. The van der Waals surface area contributed by atoms with Gasteiger partial charge in [0, 0.05) is 5.69 Å². The molecule has 7 nitrogen and oxygen atoms in total. The van der Waals surface area contributed by atoms with Gasteiger partial charge in [-0.3, -0.25) is 9.10 Å². The first-order chi connectivity index (χ1) is 16.2. The Labute approximate surface area is 199 Å². The summed E-state index contributed by atoms with van der Waals surface area (Å²) < 4.78 is 32.9. The summed E-state index contributed by atoms with van der Waals surface area (Å²) in [5.41, 5.74) is 2.99. The molecule has 0 heterocycles. The van der Waals surface area contributed by atoms with Crippen molar-refractivity contribution < 1.29 is 22.7 Å². The molecular formula is C26H26N2O5S. The predicted octanol–water partition coefficient (Wildman–Crippen LogP) is 4.48. The van der Waals surface area contributed by atoms with E-state index in [4.69, 9.17) is 4.74 Å². The van der Waals surface area contributed by atoms with Crippen molar-refractivity contribution in [2.45, 2.75) is 18.7 Å². The number of ether oxygens (including phenoxy) is 1. The molecule has 0 radical (unpaired) electrons. The van der Waals surface area contributed by atoms with Gasteiger partial charge in [0.2, 0.25) is 0 Å². The van der Waals surface area contributed by atoms with E-state index in [1.807, 2.05) is 32.0 Å². The topological polar surface area (TPSA) is 92.8 Å². The number of esters is 1. The Morgan fingerprint density at radius 2 is 1.74 bits per heavy atom. The minimum atomic E-state index is -3.98. The van der Waals surface area contributed by atoms with Crippen LogP contribution in [0, 0.1) is 13.8 Å². The number of aryl methyl sites for hydroxylation is 2. The number of benzene rings is 3. The normalized spacial score (nSPS) is 10.9. The fourth-order valence-corrected chi connectivity index (χ4v) is 4.72. The molecule has 34 heavy (non-hydrogen) atoms. The molecule has 8 heteroatoms. The number of rotatable bonds is 9. The van der Waals surface area contributed by atoms with Crippen LogP contribution in [0.2, 0.25) is 0 Å². The van der Waals surface area contributed by atoms with E-state index in [1.54, 1.807) is 30.3 Å². The van der Waals surface area contributed by atoms with Crippen LogP contribution in [-0.4, -0.2) is 33.4 Å². The molecule has 0 saturated carbocycles. The second kappa shape index (κ2) is 10.8. The van der Waals surface area contributed by atoms with Crippen molar-refractivity contribution in [3.8, 4) is 0 Å². The van der Waals surface area contributed by atoms with Gasteiger partial charge in [-0.2, -0.15) is 0 Å². The van der Waals surface area contributed by atoms with E-state index in [9.17, 15) is 18.0 Å². The number of anilines is 2. The van der Waals surface area contributed by atoms with Crippen LogP contribution in [-0.2, 0) is 19.6 Å². The number of nitrogens with zero attached hydrogens (tertiary/aromatic N) is 1. The van der Waals surface area contributed by atoms with Crippen molar-refractivity contribution in [1.29, 1.82) is 0 Å². The van der Waals surface area contributed by atoms with Crippen LogP contribution in [0.5, 0.6) is 0 Å². The quantitative estimate of drug-likeness (QED) is 0.362. The van der Waals surface area contributed by atoms with Crippen LogP contribution in [0.25, 0.3) is 0 Å². The number of sulfonamides is 1. The molecule has 0 unspecified atom stereocenters. The zero-order valence-electron chi connectivity index (χ0n) is 19.0. The van der Waals surface area contributed by atoms with E-state index in [0.717, 1.165) is 11.1 Å². The van der Waals surface area contributed by atoms with Crippen LogP contribution in [0.15, 0.2) is 90.3 Å².